The van der Waals surface area contributed by atoms with Crippen molar-refractivity contribution in [3.63, 3.8) is 0 Å². The third kappa shape index (κ3) is 1.71. The van der Waals surface area contributed by atoms with E-state index in [4.69, 9.17) is 4.74 Å². The lowest BCUT2D eigenvalue weighted by molar-refractivity contribution is 0.299. The van der Waals surface area contributed by atoms with Crippen molar-refractivity contribution in [1.82, 2.24) is 0 Å². The molecule has 0 radical (unpaired) electrons. The van der Waals surface area contributed by atoms with E-state index in [1.165, 1.54) is 6.07 Å². The Hall–Kier alpha value is -0.320. The van der Waals surface area contributed by atoms with Crippen molar-refractivity contribution in [2.24, 2.45) is 0 Å². The Kier molecular flexibility index (Phi) is 2.21. The van der Waals surface area contributed by atoms with Crippen molar-refractivity contribution in [3.8, 4) is 5.75 Å². The van der Waals surface area contributed by atoms with Crippen LogP contribution in [0.1, 0.15) is 12.8 Å². The van der Waals surface area contributed by atoms with Gasteiger partial charge in [0, 0.05) is 0 Å². The third-order valence-electron chi connectivity index (χ3n) is 1.73. The second-order valence-electron chi connectivity index (χ2n) is 2.87. The first-order valence-corrected chi connectivity index (χ1v) is 4.96. The largest absolute Gasteiger partial charge is 0.489 e. The molecule has 1 aromatic carbocycles. The molecule has 1 aromatic rings. The van der Waals surface area contributed by atoms with Crippen LogP contribution in [0, 0.1) is 9.39 Å². The lowest BCUT2D eigenvalue weighted by atomic mass is 10.3. The molecule has 0 atom stereocenters. The van der Waals surface area contributed by atoms with Crippen LogP contribution < -0.4 is 4.74 Å². The Morgan fingerprint density at radius 1 is 1.42 bits per heavy atom. The first-order chi connectivity index (χ1) is 5.77. The van der Waals surface area contributed by atoms with Gasteiger partial charge in [-0.15, -0.1) is 0 Å². The molecule has 1 aliphatic rings. The number of benzene rings is 1. The minimum absolute atomic E-state index is 0.200. The fourth-order valence-electron chi connectivity index (χ4n) is 0.940. The number of hydrogen-bond acceptors (Lipinski definition) is 1. The quantitative estimate of drug-likeness (QED) is 0.756. The van der Waals surface area contributed by atoms with E-state index in [9.17, 15) is 4.39 Å². The van der Waals surface area contributed by atoms with Gasteiger partial charge in [0.25, 0.3) is 0 Å². The van der Waals surface area contributed by atoms with E-state index in [0.717, 1.165) is 12.8 Å². The Morgan fingerprint density at radius 3 is 2.83 bits per heavy atom. The van der Waals surface area contributed by atoms with Gasteiger partial charge in [0.15, 0.2) is 0 Å². The summed E-state index contributed by atoms with van der Waals surface area (Å²) in [5.74, 6) is 0.479. The Bertz CT molecular complexity index is 297. The molecule has 1 aliphatic carbocycles. The van der Waals surface area contributed by atoms with Crippen molar-refractivity contribution in [1.29, 1.82) is 0 Å². The van der Waals surface area contributed by atoms with E-state index in [0.29, 0.717) is 15.4 Å². The van der Waals surface area contributed by atoms with Crippen LogP contribution in [-0.4, -0.2) is 6.10 Å². The van der Waals surface area contributed by atoms with Gasteiger partial charge in [-0.05, 0) is 47.6 Å². The summed E-state index contributed by atoms with van der Waals surface area (Å²) in [6.45, 7) is 0. The highest BCUT2D eigenvalue weighted by atomic mass is 127. The maximum absolute atomic E-state index is 13.0. The van der Waals surface area contributed by atoms with E-state index in [2.05, 4.69) is 0 Å². The molecule has 12 heavy (non-hydrogen) atoms. The molecule has 0 aromatic heterocycles. The minimum atomic E-state index is -0.200. The second-order valence-corrected chi connectivity index (χ2v) is 3.95. The summed E-state index contributed by atoms with van der Waals surface area (Å²) in [4.78, 5) is 0. The predicted molar refractivity (Wildman–Crippen MR) is 52.8 cm³/mol. The Morgan fingerprint density at radius 2 is 2.17 bits per heavy atom. The van der Waals surface area contributed by atoms with Crippen LogP contribution in [0.15, 0.2) is 18.2 Å². The van der Waals surface area contributed by atoms with Crippen LogP contribution in [0.4, 0.5) is 4.39 Å². The summed E-state index contributed by atoms with van der Waals surface area (Å²) in [6, 6.07) is 4.93. The van der Waals surface area contributed by atoms with Gasteiger partial charge in [0.05, 0.1) is 9.67 Å². The highest BCUT2D eigenvalue weighted by Crippen LogP contribution is 2.30. The van der Waals surface area contributed by atoms with Gasteiger partial charge in [0.2, 0.25) is 0 Å². The summed E-state index contributed by atoms with van der Waals surface area (Å²) >= 11 is 1.97. The number of hydrogen-bond donors (Lipinski definition) is 0. The van der Waals surface area contributed by atoms with E-state index >= 15 is 0 Å². The van der Waals surface area contributed by atoms with Gasteiger partial charge < -0.3 is 4.74 Å². The van der Waals surface area contributed by atoms with E-state index < -0.39 is 0 Å². The van der Waals surface area contributed by atoms with Gasteiger partial charge in [-0.3, -0.25) is 0 Å². The van der Waals surface area contributed by atoms with Crippen LogP contribution in [0.3, 0.4) is 0 Å². The predicted octanol–water partition coefficient (Wildman–Crippen LogP) is 2.97. The maximum Gasteiger partial charge on any atom is 0.140 e. The topological polar surface area (TPSA) is 9.23 Å². The molecule has 0 saturated heterocycles. The molecule has 0 amide bonds. The van der Waals surface area contributed by atoms with Crippen LogP contribution in [0.5, 0.6) is 5.75 Å². The molecule has 1 nitrogen and oxygen atoms in total. The molecule has 1 fully saturated rings. The van der Waals surface area contributed by atoms with Gasteiger partial charge in [-0.25, -0.2) is 4.39 Å². The molecule has 0 spiro atoms. The van der Waals surface area contributed by atoms with E-state index in [1.807, 2.05) is 28.7 Å². The number of ether oxygens (including phenoxy) is 1. The first-order valence-electron chi connectivity index (χ1n) is 3.88. The lowest BCUT2D eigenvalue weighted by Gasteiger charge is -2.06. The molecule has 0 heterocycles. The number of halogens is 2. The average Bonchev–Trinajstić information content (AvgIpc) is 2.83. The third-order valence-corrected chi connectivity index (χ3v) is 2.78. The van der Waals surface area contributed by atoms with Gasteiger partial charge in [-0.2, -0.15) is 0 Å². The van der Waals surface area contributed by atoms with E-state index in [-0.39, 0.29) is 5.82 Å². The molecule has 64 valence electrons. The van der Waals surface area contributed by atoms with Gasteiger partial charge >= 0.3 is 0 Å². The number of rotatable bonds is 2. The highest BCUT2D eigenvalue weighted by molar-refractivity contribution is 14.1. The summed E-state index contributed by atoms with van der Waals surface area (Å²) < 4.78 is 19.0. The Balaban J connectivity index is 2.23. The molecule has 0 bridgehead atoms. The second kappa shape index (κ2) is 3.20. The van der Waals surface area contributed by atoms with Gasteiger partial charge in [0.1, 0.15) is 11.6 Å². The van der Waals surface area contributed by atoms with Crippen molar-refractivity contribution < 1.29 is 9.13 Å². The molecule has 2 rings (SSSR count). The van der Waals surface area contributed by atoms with Crippen molar-refractivity contribution in [2.45, 2.75) is 18.9 Å². The van der Waals surface area contributed by atoms with Crippen LogP contribution in [-0.2, 0) is 0 Å². The zero-order chi connectivity index (χ0) is 8.55. The summed E-state index contributed by atoms with van der Waals surface area (Å²) in [5.41, 5.74) is 0. The van der Waals surface area contributed by atoms with Crippen molar-refractivity contribution in [3.05, 3.63) is 27.6 Å². The monoisotopic (exact) mass is 278 g/mol. The van der Waals surface area contributed by atoms with Gasteiger partial charge in [-0.1, -0.05) is 6.07 Å². The zero-order valence-corrected chi connectivity index (χ0v) is 8.55. The average molecular weight is 278 g/mol. The highest BCUT2D eigenvalue weighted by Gasteiger charge is 2.24. The fraction of sp³-hybridized carbons (Fsp3) is 0.333. The fourth-order valence-corrected chi connectivity index (χ4v) is 1.43. The van der Waals surface area contributed by atoms with Crippen molar-refractivity contribution in [2.75, 3.05) is 0 Å². The summed E-state index contributed by atoms with van der Waals surface area (Å²) in [5, 5.41) is 0. The van der Waals surface area contributed by atoms with Crippen LogP contribution in [0.2, 0.25) is 0 Å². The van der Waals surface area contributed by atoms with Crippen LogP contribution in [0.25, 0.3) is 0 Å². The molecule has 0 aliphatic heterocycles. The lowest BCUT2D eigenvalue weighted by Crippen LogP contribution is -1.98. The summed E-state index contributed by atoms with van der Waals surface area (Å²) in [6.07, 6.45) is 2.54. The smallest absolute Gasteiger partial charge is 0.140 e. The SMILES string of the molecule is Fc1cccc(OC2CC2)c1I. The van der Waals surface area contributed by atoms with Crippen LogP contribution >= 0.6 is 22.6 Å². The maximum atomic E-state index is 13.0. The normalized spacial score (nSPS) is 16.2. The first kappa shape index (κ1) is 8.29. The molecule has 0 N–H and O–H groups in total. The zero-order valence-electron chi connectivity index (χ0n) is 6.39. The molecular weight excluding hydrogens is 270 g/mol. The summed E-state index contributed by atoms with van der Waals surface area (Å²) in [7, 11) is 0. The van der Waals surface area contributed by atoms with Crippen molar-refractivity contribution >= 4 is 22.6 Å². The standard InChI is InChI=1S/C9H8FIO/c10-7-2-1-3-8(9(7)11)12-6-4-5-6/h1-3,6H,4-5H2. The Labute approximate surface area is 84.1 Å². The molecule has 1 saturated carbocycles. The van der Waals surface area contributed by atoms with E-state index in [1.54, 1.807) is 6.07 Å². The molecule has 0 unspecified atom stereocenters. The minimum Gasteiger partial charge on any atom is -0.489 e. The molecule has 3 heteroatoms. The molecular formula is C9H8FIO.